The maximum Gasteiger partial charge on any atom is 0.340 e. The minimum absolute atomic E-state index is 0.161. The van der Waals surface area contributed by atoms with Crippen LogP contribution in [0.5, 0.6) is 5.75 Å². The Morgan fingerprint density at radius 3 is 2.40 bits per heavy atom. The molecule has 20 heavy (non-hydrogen) atoms. The summed E-state index contributed by atoms with van der Waals surface area (Å²) in [6.07, 6.45) is -3.92. The number of hydrogen-bond acceptors (Lipinski definition) is 3. The second kappa shape index (κ2) is 5.86. The smallest absolute Gasteiger partial charge is 0.340 e. The van der Waals surface area contributed by atoms with E-state index in [2.05, 4.69) is 20.7 Å². The molecule has 0 amide bonds. The van der Waals surface area contributed by atoms with Crippen molar-refractivity contribution in [2.45, 2.75) is 24.2 Å². The van der Waals surface area contributed by atoms with Crippen molar-refractivity contribution < 1.29 is 30.7 Å². The van der Waals surface area contributed by atoms with Gasteiger partial charge < -0.3 is 4.74 Å². The van der Waals surface area contributed by atoms with Gasteiger partial charge in [0, 0.05) is 4.47 Å². The van der Waals surface area contributed by atoms with Gasteiger partial charge in [-0.05, 0) is 24.6 Å². The molecule has 0 bridgehead atoms. The molecule has 10 heteroatoms. The Kier molecular flexibility index (Phi) is 5.03. The predicted octanol–water partition coefficient (Wildman–Crippen LogP) is 2.68. The zero-order chi connectivity index (χ0) is 15.7. The Balaban J connectivity index is 3.19. The van der Waals surface area contributed by atoms with Gasteiger partial charge in [-0.15, -0.1) is 0 Å². The van der Waals surface area contributed by atoms with Crippen LogP contribution in [0.25, 0.3) is 0 Å². The standard InChI is InChI=1S/C10H10BrF4NO3S/c1-5-2-6(11)3-7(20(16,17)18)8(5)19-4-10(14,15)9(12)13/h2-3,9H,4H2,1H3,(H2,16,17,18). The van der Waals surface area contributed by atoms with Crippen LogP contribution in [0.4, 0.5) is 17.6 Å². The molecule has 4 nitrogen and oxygen atoms in total. The number of alkyl halides is 4. The number of nitrogens with two attached hydrogens (primary N) is 1. The van der Waals surface area contributed by atoms with Crippen molar-refractivity contribution in [1.82, 2.24) is 0 Å². The van der Waals surface area contributed by atoms with Gasteiger partial charge in [0.15, 0.2) is 6.61 Å². The minimum atomic E-state index is -4.39. The van der Waals surface area contributed by atoms with E-state index >= 15 is 0 Å². The fraction of sp³-hybridized carbons (Fsp3) is 0.400. The van der Waals surface area contributed by atoms with Gasteiger partial charge in [0.05, 0.1) is 0 Å². The van der Waals surface area contributed by atoms with E-state index in [0.717, 1.165) is 6.07 Å². The summed E-state index contributed by atoms with van der Waals surface area (Å²) in [4.78, 5) is -0.561. The monoisotopic (exact) mass is 379 g/mol. The molecule has 1 rings (SSSR count). The molecule has 0 spiro atoms. The Morgan fingerprint density at radius 2 is 1.95 bits per heavy atom. The van der Waals surface area contributed by atoms with E-state index in [4.69, 9.17) is 5.14 Å². The van der Waals surface area contributed by atoms with Crippen LogP contribution in [0.15, 0.2) is 21.5 Å². The van der Waals surface area contributed by atoms with Gasteiger partial charge in [-0.25, -0.2) is 22.3 Å². The molecule has 1 aromatic carbocycles. The molecule has 0 aliphatic heterocycles. The highest BCUT2D eigenvalue weighted by Crippen LogP contribution is 2.33. The van der Waals surface area contributed by atoms with Crippen molar-refractivity contribution in [2.75, 3.05) is 6.61 Å². The normalized spacial score (nSPS) is 12.8. The highest BCUT2D eigenvalue weighted by Gasteiger charge is 2.42. The Morgan fingerprint density at radius 1 is 1.40 bits per heavy atom. The van der Waals surface area contributed by atoms with E-state index < -0.39 is 39.6 Å². The first-order valence-electron chi connectivity index (χ1n) is 5.07. The molecule has 0 atom stereocenters. The highest BCUT2D eigenvalue weighted by atomic mass is 79.9. The number of aryl methyl sites for hydroxylation is 1. The zero-order valence-electron chi connectivity index (χ0n) is 10.0. The van der Waals surface area contributed by atoms with Gasteiger partial charge >= 0.3 is 12.3 Å². The molecule has 0 aliphatic carbocycles. The van der Waals surface area contributed by atoms with Crippen molar-refractivity contribution in [3.63, 3.8) is 0 Å². The summed E-state index contributed by atoms with van der Waals surface area (Å²) in [6, 6.07) is 2.42. The van der Waals surface area contributed by atoms with Crippen LogP contribution in [-0.2, 0) is 10.0 Å². The summed E-state index contributed by atoms with van der Waals surface area (Å²) in [6.45, 7) is -0.287. The van der Waals surface area contributed by atoms with Gasteiger partial charge in [0.1, 0.15) is 10.6 Å². The number of hydrogen-bond donors (Lipinski definition) is 1. The quantitative estimate of drug-likeness (QED) is 0.799. The van der Waals surface area contributed by atoms with Crippen LogP contribution < -0.4 is 9.88 Å². The predicted molar refractivity (Wildman–Crippen MR) is 66.7 cm³/mol. The zero-order valence-corrected chi connectivity index (χ0v) is 12.4. The first-order chi connectivity index (χ1) is 8.95. The molecule has 1 aromatic rings. The summed E-state index contributed by atoms with van der Waals surface area (Å²) < 4.78 is 77.3. The van der Waals surface area contributed by atoms with E-state index in [0.29, 0.717) is 4.47 Å². The molecule has 0 saturated carbocycles. The number of primary sulfonamides is 1. The maximum atomic E-state index is 12.8. The highest BCUT2D eigenvalue weighted by molar-refractivity contribution is 9.10. The van der Waals surface area contributed by atoms with E-state index in [-0.39, 0.29) is 5.56 Å². The first kappa shape index (κ1) is 17.2. The van der Waals surface area contributed by atoms with Crippen LogP contribution in [0.2, 0.25) is 0 Å². The SMILES string of the molecule is Cc1cc(Br)cc(S(N)(=O)=O)c1OCC(F)(F)C(F)F. The summed E-state index contributed by atoms with van der Waals surface area (Å²) >= 11 is 3.01. The van der Waals surface area contributed by atoms with E-state index in [1.165, 1.54) is 13.0 Å². The fourth-order valence-electron chi connectivity index (χ4n) is 1.33. The molecule has 0 unspecified atom stereocenters. The van der Waals surface area contributed by atoms with Gasteiger partial charge in [0.25, 0.3) is 0 Å². The van der Waals surface area contributed by atoms with Crippen molar-refractivity contribution in [3.8, 4) is 5.75 Å². The second-order valence-electron chi connectivity index (χ2n) is 3.95. The lowest BCUT2D eigenvalue weighted by molar-refractivity contribution is -0.148. The summed E-state index contributed by atoms with van der Waals surface area (Å²) in [5.74, 6) is -4.87. The molecular formula is C10H10BrF4NO3S. The Hall–Kier alpha value is -0.870. The van der Waals surface area contributed by atoms with Gasteiger partial charge in [-0.2, -0.15) is 8.78 Å². The summed E-state index contributed by atoms with van der Waals surface area (Å²) in [5.41, 5.74) is 0.161. The molecule has 0 radical (unpaired) electrons. The van der Waals surface area contributed by atoms with E-state index in [9.17, 15) is 26.0 Å². The van der Waals surface area contributed by atoms with Crippen molar-refractivity contribution >= 4 is 26.0 Å². The molecule has 0 aromatic heterocycles. The number of ether oxygens (including phenoxy) is 1. The molecule has 114 valence electrons. The number of rotatable bonds is 5. The Labute approximate surface area is 121 Å². The number of benzene rings is 1. The molecule has 0 heterocycles. The third-order valence-electron chi connectivity index (χ3n) is 2.24. The molecule has 2 N–H and O–H groups in total. The van der Waals surface area contributed by atoms with Crippen molar-refractivity contribution in [2.24, 2.45) is 5.14 Å². The summed E-state index contributed by atoms with van der Waals surface area (Å²) in [5, 5.41) is 4.93. The fourth-order valence-corrected chi connectivity index (χ4v) is 2.82. The summed E-state index contributed by atoms with van der Waals surface area (Å²) in [7, 11) is -4.25. The molecule has 0 fully saturated rings. The van der Waals surface area contributed by atoms with Crippen molar-refractivity contribution in [1.29, 1.82) is 0 Å². The number of halogens is 5. The average molecular weight is 380 g/mol. The number of sulfonamides is 1. The van der Waals surface area contributed by atoms with E-state index in [1.807, 2.05) is 0 Å². The Bertz CT molecular complexity index is 607. The molecule has 0 aliphatic rings. The van der Waals surface area contributed by atoms with Crippen molar-refractivity contribution in [3.05, 3.63) is 22.2 Å². The lowest BCUT2D eigenvalue weighted by Crippen LogP contribution is -2.34. The largest absolute Gasteiger partial charge is 0.485 e. The maximum absolute atomic E-state index is 12.8. The van der Waals surface area contributed by atoms with Crippen LogP contribution in [-0.4, -0.2) is 27.4 Å². The second-order valence-corrected chi connectivity index (χ2v) is 6.39. The lowest BCUT2D eigenvalue weighted by Gasteiger charge is -2.18. The lowest BCUT2D eigenvalue weighted by atomic mass is 10.2. The van der Waals surface area contributed by atoms with Gasteiger partial charge in [-0.3, -0.25) is 0 Å². The average Bonchev–Trinajstić information content (AvgIpc) is 2.25. The van der Waals surface area contributed by atoms with Crippen LogP contribution in [0, 0.1) is 6.92 Å². The van der Waals surface area contributed by atoms with E-state index in [1.54, 1.807) is 0 Å². The van der Waals surface area contributed by atoms with Crippen LogP contribution in [0.3, 0.4) is 0 Å². The van der Waals surface area contributed by atoms with Crippen LogP contribution >= 0.6 is 15.9 Å². The van der Waals surface area contributed by atoms with Crippen LogP contribution in [0.1, 0.15) is 5.56 Å². The third kappa shape index (κ3) is 4.06. The van der Waals surface area contributed by atoms with Gasteiger partial charge in [0.2, 0.25) is 10.0 Å². The minimum Gasteiger partial charge on any atom is -0.485 e. The van der Waals surface area contributed by atoms with Gasteiger partial charge in [-0.1, -0.05) is 15.9 Å². The first-order valence-corrected chi connectivity index (χ1v) is 7.41. The molecule has 0 saturated heterocycles. The topological polar surface area (TPSA) is 69.4 Å². The molecular weight excluding hydrogens is 370 g/mol. The third-order valence-corrected chi connectivity index (χ3v) is 3.61.